The van der Waals surface area contributed by atoms with Crippen molar-refractivity contribution in [3.63, 3.8) is 0 Å². The molecule has 1 saturated heterocycles. The molecule has 1 fully saturated rings. The van der Waals surface area contributed by atoms with Gasteiger partial charge in [0.15, 0.2) is 18.5 Å². The first-order valence-corrected chi connectivity index (χ1v) is 7.52. The third kappa shape index (κ3) is 6.67. The Morgan fingerprint density at radius 2 is 1.52 bits per heavy atom. The van der Waals surface area contributed by atoms with E-state index in [0.717, 1.165) is 20.8 Å². The zero-order valence-corrected chi connectivity index (χ0v) is 14.4. The lowest BCUT2D eigenvalue weighted by Gasteiger charge is -2.43. The average molecular weight is 401 g/mol. The van der Waals surface area contributed by atoms with Gasteiger partial charge < -0.3 is 29.4 Å². The Kier molecular flexibility index (Phi) is 7.54. The van der Waals surface area contributed by atoms with Gasteiger partial charge in [0.2, 0.25) is 0 Å². The Hall–Kier alpha value is -2.41. The lowest BCUT2D eigenvalue weighted by molar-refractivity contribution is -0.266. The summed E-state index contributed by atoms with van der Waals surface area (Å²) < 4.78 is 57.1. The molecule has 0 saturated carbocycles. The van der Waals surface area contributed by atoms with Gasteiger partial charge in [-0.05, 0) is 0 Å². The third-order valence-corrected chi connectivity index (χ3v) is 3.28. The number of carbonyl (C=O) groups is 4. The van der Waals surface area contributed by atoms with Gasteiger partial charge in [-0.15, -0.1) is 0 Å². The van der Waals surface area contributed by atoms with Crippen molar-refractivity contribution in [2.75, 3.05) is 6.61 Å². The van der Waals surface area contributed by atoms with E-state index < -0.39 is 67.2 Å². The largest absolute Gasteiger partial charge is 0.471 e. The number of nitrogens with one attached hydrogen (secondary N) is 1. The van der Waals surface area contributed by atoms with Crippen LogP contribution in [0.15, 0.2) is 0 Å². The SMILES string of the molecule is CC(=O)OC[C@H]1O[C@H](O)[C@H](NC(=O)C(F)(F)F)[C@@H](OC(C)=O)[C@@H]1OC(C)=O. The van der Waals surface area contributed by atoms with Crippen molar-refractivity contribution >= 4 is 23.8 Å². The number of alkyl halides is 3. The van der Waals surface area contributed by atoms with Gasteiger partial charge in [0.1, 0.15) is 18.8 Å². The van der Waals surface area contributed by atoms with Crippen molar-refractivity contribution in [1.82, 2.24) is 5.32 Å². The van der Waals surface area contributed by atoms with Gasteiger partial charge in [-0.3, -0.25) is 19.2 Å². The number of carbonyl (C=O) groups excluding carboxylic acids is 4. The minimum Gasteiger partial charge on any atom is -0.463 e. The fourth-order valence-corrected chi connectivity index (χ4v) is 2.31. The molecule has 1 amide bonds. The number of aliphatic hydroxyl groups excluding tert-OH is 1. The molecule has 10 nitrogen and oxygen atoms in total. The number of aliphatic hydroxyl groups is 1. The zero-order valence-electron chi connectivity index (χ0n) is 14.4. The molecule has 27 heavy (non-hydrogen) atoms. The number of esters is 3. The predicted octanol–water partition coefficient (Wildman–Crippen LogP) is -0.823. The highest BCUT2D eigenvalue weighted by Gasteiger charge is 2.52. The molecule has 0 bridgehead atoms. The van der Waals surface area contributed by atoms with Crippen LogP contribution in [0, 0.1) is 0 Å². The number of rotatable bonds is 5. The van der Waals surface area contributed by atoms with Crippen LogP contribution < -0.4 is 5.32 Å². The van der Waals surface area contributed by atoms with Crippen LogP contribution in [0.1, 0.15) is 20.8 Å². The van der Waals surface area contributed by atoms with Crippen LogP contribution in [0.4, 0.5) is 13.2 Å². The predicted molar refractivity (Wildman–Crippen MR) is 76.6 cm³/mol. The molecule has 1 aliphatic rings. The summed E-state index contributed by atoms with van der Waals surface area (Å²) in [6.45, 7) is 2.36. The molecule has 1 aliphatic heterocycles. The van der Waals surface area contributed by atoms with E-state index in [2.05, 4.69) is 0 Å². The van der Waals surface area contributed by atoms with Crippen molar-refractivity contribution in [3.8, 4) is 0 Å². The fraction of sp³-hybridized carbons (Fsp3) is 0.714. The molecule has 0 aromatic rings. The summed E-state index contributed by atoms with van der Waals surface area (Å²) in [4.78, 5) is 44.9. The van der Waals surface area contributed by atoms with Crippen molar-refractivity contribution in [1.29, 1.82) is 0 Å². The fourth-order valence-electron chi connectivity index (χ4n) is 2.31. The monoisotopic (exact) mass is 401 g/mol. The van der Waals surface area contributed by atoms with Crippen LogP contribution in [-0.2, 0) is 38.1 Å². The maximum Gasteiger partial charge on any atom is 0.471 e. The normalized spacial score (nSPS) is 28.0. The Morgan fingerprint density at radius 3 is 1.96 bits per heavy atom. The lowest BCUT2D eigenvalue weighted by Crippen LogP contribution is -2.67. The van der Waals surface area contributed by atoms with Crippen molar-refractivity contribution in [2.24, 2.45) is 0 Å². The molecule has 1 rings (SSSR count). The van der Waals surface area contributed by atoms with E-state index in [1.165, 1.54) is 5.32 Å². The standard InChI is InChI=1S/C14H18F3NO9/c1-5(19)24-4-8-10(25-6(2)20)11(26-7(3)21)9(12(22)27-8)18-13(23)14(15,16)17/h8-12,22H,4H2,1-3H3,(H,18,23)/t8-,9-,10-,11-,12+/m1/s1. The summed E-state index contributed by atoms with van der Waals surface area (Å²) in [6.07, 6.45) is -12.1. The van der Waals surface area contributed by atoms with Gasteiger partial charge in [0.05, 0.1) is 0 Å². The molecule has 13 heteroatoms. The molecule has 5 atom stereocenters. The van der Waals surface area contributed by atoms with Crippen molar-refractivity contribution < 1.29 is 56.4 Å². The summed E-state index contributed by atoms with van der Waals surface area (Å²) in [7, 11) is 0. The van der Waals surface area contributed by atoms with E-state index in [-0.39, 0.29) is 0 Å². The lowest BCUT2D eigenvalue weighted by atomic mass is 9.96. The second-order valence-corrected chi connectivity index (χ2v) is 5.51. The van der Waals surface area contributed by atoms with E-state index in [1.807, 2.05) is 0 Å². The summed E-state index contributed by atoms with van der Waals surface area (Å²) in [5.74, 6) is -5.12. The molecule has 154 valence electrons. The third-order valence-electron chi connectivity index (χ3n) is 3.28. The number of hydrogen-bond donors (Lipinski definition) is 2. The highest BCUT2D eigenvalue weighted by atomic mass is 19.4. The van der Waals surface area contributed by atoms with E-state index in [1.54, 1.807) is 0 Å². The summed E-state index contributed by atoms with van der Waals surface area (Å²) in [5.41, 5.74) is 0. The van der Waals surface area contributed by atoms with Gasteiger partial charge in [0, 0.05) is 20.8 Å². The Bertz CT molecular complexity index is 595. The smallest absolute Gasteiger partial charge is 0.463 e. The summed E-state index contributed by atoms with van der Waals surface area (Å²) >= 11 is 0. The average Bonchev–Trinajstić information content (AvgIpc) is 2.49. The number of hydrogen-bond acceptors (Lipinski definition) is 9. The minimum absolute atomic E-state index is 0.567. The maximum absolute atomic E-state index is 12.5. The van der Waals surface area contributed by atoms with Crippen LogP contribution in [0.2, 0.25) is 0 Å². The van der Waals surface area contributed by atoms with Crippen LogP contribution in [0.25, 0.3) is 0 Å². The first-order chi connectivity index (χ1) is 12.3. The number of amides is 1. The van der Waals surface area contributed by atoms with Gasteiger partial charge in [-0.25, -0.2) is 0 Å². The summed E-state index contributed by atoms with van der Waals surface area (Å²) in [6, 6.07) is -1.92. The quantitative estimate of drug-likeness (QED) is 0.447. The van der Waals surface area contributed by atoms with E-state index >= 15 is 0 Å². The maximum atomic E-state index is 12.5. The van der Waals surface area contributed by atoms with Crippen LogP contribution in [-0.4, -0.2) is 72.3 Å². The molecule has 1 heterocycles. The van der Waals surface area contributed by atoms with Crippen molar-refractivity contribution in [3.05, 3.63) is 0 Å². The first-order valence-electron chi connectivity index (χ1n) is 7.52. The second-order valence-electron chi connectivity index (χ2n) is 5.51. The molecule has 2 N–H and O–H groups in total. The van der Waals surface area contributed by atoms with Crippen molar-refractivity contribution in [2.45, 2.75) is 57.6 Å². The van der Waals surface area contributed by atoms with Gasteiger partial charge >= 0.3 is 30.0 Å². The molecule has 0 aromatic carbocycles. The Morgan fingerprint density at radius 1 is 1.00 bits per heavy atom. The van der Waals surface area contributed by atoms with Crippen LogP contribution in [0.3, 0.4) is 0 Å². The van der Waals surface area contributed by atoms with Gasteiger partial charge in [-0.2, -0.15) is 13.2 Å². The Labute approximate surface area is 150 Å². The molecule has 0 radical (unpaired) electrons. The second kappa shape index (κ2) is 8.99. The molecule has 0 aromatic heterocycles. The molecule has 0 aliphatic carbocycles. The number of halogens is 3. The van der Waals surface area contributed by atoms with E-state index in [9.17, 15) is 37.5 Å². The summed E-state index contributed by atoms with van der Waals surface area (Å²) in [5, 5.41) is 11.4. The molecular formula is C14H18F3NO9. The zero-order chi connectivity index (χ0) is 20.9. The van der Waals surface area contributed by atoms with Crippen LogP contribution in [0.5, 0.6) is 0 Å². The minimum atomic E-state index is -5.30. The van der Waals surface area contributed by atoms with E-state index in [0.29, 0.717) is 0 Å². The highest BCUT2D eigenvalue weighted by molar-refractivity contribution is 5.82. The van der Waals surface area contributed by atoms with E-state index in [4.69, 9.17) is 18.9 Å². The van der Waals surface area contributed by atoms with Crippen LogP contribution >= 0.6 is 0 Å². The number of ether oxygens (including phenoxy) is 4. The first kappa shape index (κ1) is 22.6. The molecule has 0 spiro atoms. The Balaban J connectivity index is 3.18. The van der Waals surface area contributed by atoms with Gasteiger partial charge in [-0.1, -0.05) is 0 Å². The topological polar surface area (TPSA) is 137 Å². The molecule has 0 unspecified atom stereocenters. The van der Waals surface area contributed by atoms with Gasteiger partial charge in [0.25, 0.3) is 0 Å². The highest BCUT2D eigenvalue weighted by Crippen LogP contribution is 2.27. The molecular weight excluding hydrogens is 383 g/mol.